The van der Waals surface area contributed by atoms with Crippen LogP contribution in [0.2, 0.25) is 0 Å². The molecule has 0 bridgehead atoms. The molecule has 0 aliphatic heterocycles. The van der Waals surface area contributed by atoms with Gasteiger partial charge in [0.1, 0.15) is 5.60 Å². The summed E-state index contributed by atoms with van der Waals surface area (Å²) in [5.41, 5.74) is 7.08. The van der Waals surface area contributed by atoms with Gasteiger partial charge in [0, 0.05) is 10.2 Å². The van der Waals surface area contributed by atoms with Gasteiger partial charge in [0.2, 0.25) is 0 Å². The van der Waals surface area contributed by atoms with Crippen LogP contribution < -0.4 is 5.73 Å². The van der Waals surface area contributed by atoms with Crippen molar-refractivity contribution in [3.05, 3.63) is 27.7 Å². The largest absolute Gasteiger partial charge is 0.456 e. The molecule has 1 rings (SSSR count). The van der Waals surface area contributed by atoms with Crippen molar-refractivity contribution in [1.82, 2.24) is 0 Å². The van der Waals surface area contributed by atoms with E-state index < -0.39 is 5.60 Å². The Balaban J connectivity index is 3.14. The van der Waals surface area contributed by atoms with Crippen LogP contribution in [0, 0.1) is 6.92 Å². The number of ether oxygens (including phenoxy) is 1. The molecule has 0 radical (unpaired) electrons. The fourth-order valence-corrected chi connectivity index (χ4v) is 1.87. The molecule has 0 atom stereocenters. The minimum atomic E-state index is -0.506. The molecular weight excluding hydrogens is 270 g/mol. The number of hydrogen-bond acceptors (Lipinski definition) is 3. The average molecular weight is 286 g/mol. The summed E-state index contributed by atoms with van der Waals surface area (Å²) in [6.07, 6.45) is 0. The molecule has 2 N–H and O–H groups in total. The first-order valence-electron chi connectivity index (χ1n) is 5.00. The number of carbonyl (C=O) groups is 1. The van der Waals surface area contributed by atoms with Gasteiger partial charge in [-0.2, -0.15) is 0 Å². The van der Waals surface area contributed by atoms with Gasteiger partial charge in [-0.05, 0) is 61.3 Å². The van der Waals surface area contributed by atoms with Crippen LogP contribution in [-0.4, -0.2) is 11.6 Å². The highest BCUT2D eigenvalue weighted by molar-refractivity contribution is 9.10. The predicted octanol–water partition coefficient (Wildman–Crippen LogP) is 3.30. The summed E-state index contributed by atoms with van der Waals surface area (Å²) in [6.45, 7) is 7.31. The minimum absolute atomic E-state index is 0.357. The lowest BCUT2D eigenvalue weighted by molar-refractivity contribution is 0.00678. The average Bonchev–Trinajstić information content (AvgIpc) is 2.09. The van der Waals surface area contributed by atoms with Gasteiger partial charge < -0.3 is 10.5 Å². The smallest absolute Gasteiger partial charge is 0.340 e. The van der Waals surface area contributed by atoms with Crippen molar-refractivity contribution < 1.29 is 9.53 Å². The van der Waals surface area contributed by atoms with Crippen LogP contribution in [0.25, 0.3) is 0 Å². The SMILES string of the molecule is Cc1c(N)ccc(Br)c1C(=O)OC(C)(C)C. The molecule has 0 fully saturated rings. The second-order valence-corrected chi connectivity index (χ2v) is 5.49. The fourth-order valence-electron chi connectivity index (χ4n) is 1.27. The van der Waals surface area contributed by atoms with Gasteiger partial charge in [0.05, 0.1) is 5.56 Å². The van der Waals surface area contributed by atoms with Crippen LogP contribution in [-0.2, 0) is 4.74 Å². The highest BCUT2D eigenvalue weighted by atomic mass is 79.9. The molecule has 0 heterocycles. The Bertz CT molecular complexity index is 422. The van der Waals surface area contributed by atoms with E-state index in [1.807, 2.05) is 20.8 Å². The first-order valence-corrected chi connectivity index (χ1v) is 5.79. The molecule has 0 unspecified atom stereocenters. The number of esters is 1. The molecule has 4 heteroatoms. The number of benzene rings is 1. The van der Waals surface area contributed by atoms with E-state index in [1.54, 1.807) is 19.1 Å². The Morgan fingerprint density at radius 3 is 2.44 bits per heavy atom. The van der Waals surface area contributed by atoms with Gasteiger partial charge in [0.15, 0.2) is 0 Å². The Hall–Kier alpha value is -1.03. The van der Waals surface area contributed by atoms with Crippen LogP contribution in [0.15, 0.2) is 16.6 Å². The van der Waals surface area contributed by atoms with Crippen LogP contribution >= 0.6 is 15.9 Å². The molecule has 0 aliphatic rings. The number of halogens is 1. The van der Waals surface area contributed by atoms with Crippen molar-refractivity contribution in [3.63, 3.8) is 0 Å². The zero-order valence-electron chi connectivity index (χ0n) is 9.93. The Labute approximate surface area is 104 Å². The zero-order valence-corrected chi connectivity index (χ0v) is 11.5. The summed E-state index contributed by atoms with van der Waals surface area (Å²) in [6, 6.07) is 3.51. The van der Waals surface area contributed by atoms with E-state index in [1.165, 1.54) is 0 Å². The Morgan fingerprint density at radius 1 is 1.38 bits per heavy atom. The maximum atomic E-state index is 11.9. The lowest BCUT2D eigenvalue weighted by atomic mass is 10.1. The minimum Gasteiger partial charge on any atom is -0.456 e. The van der Waals surface area contributed by atoms with Crippen molar-refractivity contribution >= 4 is 27.6 Å². The molecule has 1 aromatic carbocycles. The molecule has 0 saturated heterocycles. The number of hydrogen-bond donors (Lipinski definition) is 1. The van der Waals surface area contributed by atoms with Crippen LogP contribution in [0.3, 0.4) is 0 Å². The second kappa shape index (κ2) is 4.45. The lowest BCUT2D eigenvalue weighted by Crippen LogP contribution is -2.24. The number of nitrogens with two attached hydrogens (primary N) is 1. The highest BCUT2D eigenvalue weighted by Crippen LogP contribution is 2.27. The van der Waals surface area contributed by atoms with Crippen LogP contribution in [0.4, 0.5) is 5.69 Å². The third-order valence-electron chi connectivity index (χ3n) is 2.06. The molecule has 0 aromatic heterocycles. The Morgan fingerprint density at radius 2 is 1.94 bits per heavy atom. The fraction of sp³-hybridized carbons (Fsp3) is 0.417. The summed E-state index contributed by atoms with van der Waals surface area (Å²) in [7, 11) is 0. The van der Waals surface area contributed by atoms with E-state index in [0.717, 1.165) is 5.56 Å². The standard InChI is InChI=1S/C12H16BrNO2/c1-7-9(14)6-5-8(13)10(7)11(15)16-12(2,3)4/h5-6H,14H2,1-4H3. The quantitative estimate of drug-likeness (QED) is 0.636. The van der Waals surface area contributed by atoms with Gasteiger partial charge in [0.25, 0.3) is 0 Å². The van der Waals surface area contributed by atoms with Gasteiger partial charge in [-0.1, -0.05) is 0 Å². The number of carbonyl (C=O) groups excluding carboxylic acids is 1. The van der Waals surface area contributed by atoms with E-state index in [9.17, 15) is 4.79 Å². The Kier molecular flexibility index (Phi) is 3.63. The van der Waals surface area contributed by atoms with Gasteiger partial charge >= 0.3 is 5.97 Å². The first kappa shape index (κ1) is 13.0. The molecule has 0 spiro atoms. The second-order valence-electron chi connectivity index (χ2n) is 4.64. The third-order valence-corrected chi connectivity index (χ3v) is 2.72. The van der Waals surface area contributed by atoms with E-state index in [-0.39, 0.29) is 5.97 Å². The zero-order chi connectivity index (χ0) is 12.5. The van der Waals surface area contributed by atoms with E-state index in [4.69, 9.17) is 10.5 Å². The molecular formula is C12H16BrNO2. The first-order chi connectivity index (χ1) is 7.22. The van der Waals surface area contributed by atoms with E-state index in [0.29, 0.717) is 15.7 Å². The molecule has 88 valence electrons. The van der Waals surface area contributed by atoms with Crippen LogP contribution in [0.1, 0.15) is 36.7 Å². The van der Waals surface area contributed by atoms with Gasteiger partial charge in [-0.25, -0.2) is 4.79 Å². The van der Waals surface area contributed by atoms with Gasteiger partial charge in [-0.3, -0.25) is 0 Å². The maximum Gasteiger partial charge on any atom is 0.340 e. The predicted molar refractivity (Wildman–Crippen MR) is 68.5 cm³/mol. The van der Waals surface area contributed by atoms with Crippen molar-refractivity contribution in [3.8, 4) is 0 Å². The molecule has 0 aliphatic carbocycles. The van der Waals surface area contributed by atoms with Crippen molar-refractivity contribution in [2.45, 2.75) is 33.3 Å². The summed E-state index contributed by atoms with van der Waals surface area (Å²) < 4.78 is 6.02. The third kappa shape index (κ3) is 2.98. The summed E-state index contributed by atoms with van der Waals surface area (Å²) in [4.78, 5) is 11.9. The topological polar surface area (TPSA) is 52.3 Å². The van der Waals surface area contributed by atoms with Gasteiger partial charge in [-0.15, -0.1) is 0 Å². The lowest BCUT2D eigenvalue weighted by Gasteiger charge is -2.21. The van der Waals surface area contributed by atoms with Crippen molar-refractivity contribution in [1.29, 1.82) is 0 Å². The summed E-state index contributed by atoms with van der Waals surface area (Å²) in [5.74, 6) is -0.357. The summed E-state index contributed by atoms with van der Waals surface area (Å²) >= 11 is 3.33. The highest BCUT2D eigenvalue weighted by Gasteiger charge is 2.22. The molecule has 0 amide bonds. The maximum absolute atomic E-state index is 11.9. The van der Waals surface area contributed by atoms with Crippen molar-refractivity contribution in [2.75, 3.05) is 5.73 Å². The number of nitrogen functional groups attached to an aromatic ring is 1. The molecule has 16 heavy (non-hydrogen) atoms. The number of rotatable bonds is 1. The normalized spacial score (nSPS) is 11.3. The number of anilines is 1. The van der Waals surface area contributed by atoms with E-state index in [2.05, 4.69) is 15.9 Å². The van der Waals surface area contributed by atoms with E-state index >= 15 is 0 Å². The monoisotopic (exact) mass is 285 g/mol. The molecule has 3 nitrogen and oxygen atoms in total. The van der Waals surface area contributed by atoms with Crippen molar-refractivity contribution in [2.24, 2.45) is 0 Å². The molecule has 1 aromatic rings. The molecule has 0 saturated carbocycles. The van der Waals surface area contributed by atoms with Crippen LogP contribution in [0.5, 0.6) is 0 Å². The summed E-state index contributed by atoms with van der Waals surface area (Å²) in [5, 5.41) is 0.